The molecule has 6 nitrogen and oxygen atoms in total. The van der Waals surface area contributed by atoms with E-state index in [2.05, 4.69) is 9.97 Å². The first kappa shape index (κ1) is 10.9. The standard InChI is InChI=1S/C11H8N2O4/c14-9(15)7-3-1-2-4-8(7)10(16)17-11-12-5-6-13-11/h1-6H,(H,12,13)(H,14,15). The van der Waals surface area contributed by atoms with Gasteiger partial charge in [-0.25, -0.2) is 14.6 Å². The molecule has 2 aromatic rings. The molecule has 0 aliphatic heterocycles. The summed E-state index contributed by atoms with van der Waals surface area (Å²) in [7, 11) is 0. The lowest BCUT2D eigenvalue weighted by atomic mass is 10.1. The summed E-state index contributed by atoms with van der Waals surface area (Å²) in [4.78, 5) is 28.9. The van der Waals surface area contributed by atoms with Crippen LogP contribution in [0.5, 0.6) is 6.01 Å². The molecular formula is C11H8N2O4. The van der Waals surface area contributed by atoms with E-state index >= 15 is 0 Å². The van der Waals surface area contributed by atoms with Gasteiger partial charge in [0, 0.05) is 12.4 Å². The van der Waals surface area contributed by atoms with Gasteiger partial charge in [0.1, 0.15) is 0 Å². The lowest BCUT2D eigenvalue weighted by molar-refractivity contribution is 0.0663. The molecule has 0 unspecified atom stereocenters. The number of aromatic nitrogens is 2. The van der Waals surface area contributed by atoms with Crippen LogP contribution in [0.3, 0.4) is 0 Å². The molecule has 86 valence electrons. The number of nitrogens with one attached hydrogen (secondary N) is 1. The molecule has 2 rings (SSSR count). The maximum atomic E-state index is 11.7. The van der Waals surface area contributed by atoms with E-state index in [0.29, 0.717) is 0 Å². The third-order valence-electron chi connectivity index (χ3n) is 2.04. The van der Waals surface area contributed by atoms with E-state index < -0.39 is 11.9 Å². The smallest absolute Gasteiger partial charge is 0.346 e. The highest BCUT2D eigenvalue weighted by Crippen LogP contribution is 2.11. The highest BCUT2D eigenvalue weighted by atomic mass is 16.5. The number of aromatic carboxylic acids is 1. The Hall–Kier alpha value is -2.63. The summed E-state index contributed by atoms with van der Waals surface area (Å²) in [6.07, 6.45) is 2.91. The van der Waals surface area contributed by atoms with Gasteiger partial charge in [-0.15, -0.1) is 0 Å². The number of hydrogen-bond donors (Lipinski definition) is 2. The number of carbonyl (C=O) groups is 2. The number of carboxylic acid groups (broad SMARTS) is 1. The highest BCUT2D eigenvalue weighted by Gasteiger charge is 2.18. The van der Waals surface area contributed by atoms with Crippen molar-refractivity contribution < 1.29 is 19.4 Å². The van der Waals surface area contributed by atoms with Crippen molar-refractivity contribution in [1.29, 1.82) is 0 Å². The third-order valence-corrected chi connectivity index (χ3v) is 2.04. The van der Waals surface area contributed by atoms with Crippen LogP contribution in [0.1, 0.15) is 20.7 Å². The monoisotopic (exact) mass is 232 g/mol. The van der Waals surface area contributed by atoms with Crippen LogP contribution in [0.2, 0.25) is 0 Å². The minimum Gasteiger partial charge on any atom is -0.478 e. The molecule has 17 heavy (non-hydrogen) atoms. The van der Waals surface area contributed by atoms with E-state index in [1.165, 1.54) is 30.6 Å². The van der Waals surface area contributed by atoms with Gasteiger partial charge >= 0.3 is 17.9 Å². The fourth-order valence-corrected chi connectivity index (χ4v) is 1.30. The summed E-state index contributed by atoms with van der Waals surface area (Å²) in [5.74, 6) is -1.95. The Kier molecular flexibility index (Phi) is 2.87. The first-order valence-corrected chi connectivity index (χ1v) is 4.72. The average Bonchev–Trinajstić information content (AvgIpc) is 2.81. The molecular weight excluding hydrogens is 224 g/mol. The van der Waals surface area contributed by atoms with E-state index in [-0.39, 0.29) is 17.1 Å². The average molecular weight is 232 g/mol. The fraction of sp³-hybridized carbons (Fsp3) is 0. The first-order valence-electron chi connectivity index (χ1n) is 4.72. The number of aromatic amines is 1. The van der Waals surface area contributed by atoms with Gasteiger partial charge < -0.3 is 14.8 Å². The molecule has 2 N–H and O–H groups in total. The van der Waals surface area contributed by atoms with Crippen LogP contribution >= 0.6 is 0 Å². The first-order chi connectivity index (χ1) is 8.18. The Labute approximate surface area is 95.9 Å². The largest absolute Gasteiger partial charge is 0.478 e. The lowest BCUT2D eigenvalue weighted by Gasteiger charge is -2.03. The zero-order chi connectivity index (χ0) is 12.3. The third kappa shape index (κ3) is 2.31. The number of ether oxygens (including phenoxy) is 1. The SMILES string of the molecule is O=C(O)c1ccccc1C(=O)Oc1ncc[nH]1. The number of carbonyl (C=O) groups excluding carboxylic acids is 1. The maximum Gasteiger partial charge on any atom is 0.346 e. The lowest BCUT2D eigenvalue weighted by Crippen LogP contribution is -2.14. The Morgan fingerprint density at radius 1 is 1.24 bits per heavy atom. The van der Waals surface area contributed by atoms with E-state index in [1.54, 1.807) is 6.07 Å². The van der Waals surface area contributed by atoms with Crippen LogP contribution in [-0.2, 0) is 0 Å². The van der Waals surface area contributed by atoms with Crippen molar-refractivity contribution >= 4 is 11.9 Å². The topological polar surface area (TPSA) is 92.3 Å². The molecule has 0 bridgehead atoms. The van der Waals surface area contributed by atoms with Gasteiger partial charge in [-0.2, -0.15) is 0 Å². The summed E-state index contributed by atoms with van der Waals surface area (Å²) in [5, 5.41) is 8.91. The van der Waals surface area contributed by atoms with Crippen molar-refractivity contribution in [3.05, 3.63) is 47.8 Å². The number of hydrogen-bond acceptors (Lipinski definition) is 4. The maximum absolute atomic E-state index is 11.7. The molecule has 0 fully saturated rings. The zero-order valence-electron chi connectivity index (χ0n) is 8.58. The highest BCUT2D eigenvalue weighted by molar-refractivity contribution is 6.02. The molecule has 0 aliphatic rings. The van der Waals surface area contributed by atoms with Crippen molar-refractivity contribution in [2.75, 3.05) is 0 Å². The second kappa shape index (κ2) is 4.48. The molecule has 0 amide bonds. The van der Waals surface area contributed by atoms with Gasteiger partial charge in [0.15, 0.2) is 0 Å². The molecule has 0 atom stereocenters. The number of nitrogens with zero attached hydrogens (tertiary/aromatic N) is 1. The molecule has 0 saturated carbocycles. The number of esters is 1. The normalized spacial score (nSPS) is 9.88. The number of rotatable bonds is 3. The molecule has 1 aromatic carbocycles. The number of imidazole rings is 1. The van der Waals surface area contributed by atoms with Crippen molar-refractivity contribution in [2.24, 2.45) is 0 Å². The van der Waals surface area contributed by atoms with Gasteiger partial charge in [-0.3, -0.25) is 0 Å². The predicted molar refractivity (Wildman–Crippen MR) is 56.9 cm³/mol. The van der Waals surface area contributed by atoms with Gasteiger partial charge in [0.2, 0.25) is 0 Å². The van der Waals surface area contributed by atoms with E-state index in [0.717, 1.165) is 0 Å². The number of H-pyrrole nitrogens is 1. The number of carboxylic acids is 1. The number of benzene rings is 1. The predicted octanol–water partition coefficient (Wildman–Crippen LogP) is 1.33. The Morgan fingerprint density at radius 3 is 2.53 bits per heavy atom. The van der Waals surface area contributed by atoms with Crippen LogP contribution in [0.4, 0.5) is 0 Å². The molecule has 6 heteroatoms. The summed E-state index contributed by atoms with van der Waals surface area (Å²) in [6.45, 7) is 0. The van der Waals surface area contributed by atoms with Crippen LogP contribution in [-0.4, -0.2) is 27.0 Å². The van der Waals surface area contributed by atoms with E-state index in [9.17, 15) is 9.59 Å². The fourth-order valence-electron chi connectivity index (χ4n) is 1.30. The van der Waals surface area contributed by atoms with Crippen molar-refractivity contribution in [1.82, 2.24) is 9.97 Å². The van der Waals surface area contributed by atoms with Crippen molar-refractivity contribution in [2.45, 2.75) is 0 Å². The van der Waals surface area contributed by atoms with Crippen molar-refractivity contribution in [3.8, 4) is 6.01 Å². The molecule has 0 saturated heterocycles. The minimum atomic E-state index is -1.18. The molecule has 1 aromatic heterocycles. The summed E-state index contributed by atoms with van der Waals surface area (Å²) in [5.41, 5.74) is -0.125. The zero-order valence-corrected chi connectivity index (χ0v) is 8.58. The summed E-state index contributed by atoms with van der Waals surface area (Å²) in [6, 6.07) is 5.84. The van der Waals surface area contributed by atoms with Crippen LogP contribution in [0, 0.1) is 0 Å². The van der Waals surface area contributed by atoms with Gasteiger partial charge in [0.25, 0.3) is 0 Å². The van der Waals surface area contributed by atoms with E-state index in [4.69, 9.17) is 9.84 Å². The molecule has 0 spiro atoms. The molecule has 1 heterocycles. The van der Waals surface area contributed by atoms with Crippen LogP contribution < -0.4 is 4.74 Å². The second-order valence-electron chi connectivity index (χ2n) is 3.13. The van der Waals surface area contributed by atoms with E-state index in [1.807, 2.05) is 0 Å². The minimum absolute atomic E-state index is 0.0172. The molecule has 0 radical (unpaired) electrons. The quantitative estimate of drug-likeness (QED) is 0.778. The van der Waals surface area contributed by atoms with Gasteiger partial charge in [0.05, 0.1) is 11.1 Å². The van der Waals surface area contributed by atoms with Crippen LogP contribution in [0.15, 0.2) is 36.7 Å². The molecule has 0 aliphatic carbocycles. The van der Waals surface area contributed by atoms with Crippen molar-refractivity contribution in [3.63, 3.8) is 0 Å². The van der Waals surface area contributed by atoms with Crippen LogP contribution in [0.25, 0.3) is 0 Å². The Bertz CT molecular complexity index is 548. The van der Waals surface area contributed by atoms with Gasteiger partial charge in [-0.05, 0) is 12.1 Å². The van der Waals surface area contributed by atoms with Gasteiger partial charge in [-0.1, -0.05) is 12.1 Å². The summed E-state index contributed by atoms with van der Waals surface area (Å²) >= 11 is 0. The second-order valence-corrected chi connectivity index (χ2v) is 3.13. The Balaban J connectivity index is 2.28. The summed E-state index contributed by atoms with van der Waals surface area (Å²) < 4.78 is 4.86. The Morgan fingerprint density at radius 2 is 1.94 bits per heavy atom.